The number of rotatable bonds is 2. The summed E-state index contributed by atoms with van der Waals surface area (Å²) in [5.41, 5.74) is -0.512. The van der Waals surface area contributed by atoms with E-state index >= 15 is 0 Å². The molecule has 0 radical (unpaired) electrons. The Morgan fingerprint density at radius 2 is 2.08 bits per heavy atom. The Morgan fingerprint density at radius 1 is 1.33 bits per heavy atom. The molecule has 1 rings (SSSR count). The first-order valence-corrected chi connectivity index (χ1v) is 5.04. The van der Waals surface area contributed by atoms with Crippen LogP contribution in [0.5, 0.6) is 0 Å². The molecular formula is C10H21NO. The summed E-state index contributed by atoms with van der Waals surface area (Å²) in [7, 11) is 0. The second-order valence-electron chi connectivity index (χ2n) is 4.52. The van der Waals surface area contributed by atoms with Crippen molar-refractivity contribution in [2.75, 3.05) is 6.54 Å². The zero-order chi connectivity index (χ0) is 9.03. The van der Waals surface area contributed by atoms with Crippen LogP contribution in [0.4, 0.5) is 0 Å². The van der Waals surface area contributed by atoms with Gasteiger partial charge < -0.3 is 10.4 Å². The topological polar surface area (TPSA) is 32.3 Å². The summed E-state index contributed by atoms with van der Waals surface area (Å²) >= 11 is 0. The zero-order valence-electron chi connectivity index (χ0n) is 8.27. The van der Waals surface area contributed by atoms with Gasteiger partial charge in [-0.3, -0.25) is 0 Å². The van der Waals surface area contributed by atoms with E-state index in [9.17, 15) is 5.11 Å². The van der Waals surface area contributed by atoms with E-state index in [4.69, 9.17) is 0 Å². The second kappa shape index (κ2) is 4.24. The molecule has 72 valence electrons. The number of nitrogens with one attached hydrogen (secondary N) is 1. The third-order valence-electron chi connectivity index (χ3n) is 2.41. The lowest BCUT2D eigenvalue weighted by Crippen LogP contribution is -2.35. The molecule has 12 heavy (non-hydrogen) atoms. The quantitative estimate of drug-likeness (QED) is 0.662. The second-order valence-corrected chi connectivity index (χ2v) is 4.52. The summed E-state index contributed by atoms with van der Waals surface area (Å²) in [5.74, 6) is 0. The Morgan fingerprint density at radius 3 is 2.75 bits per heavy atom. The summed E-state index contributed by atoms with van der Waals surface area (Å²) in [6.07, 6.45) is 6.06. The van der Waals surface area contributed by atoms with Crippen molar-refractivity contribution in [2.45, 2.75) is 57.6 Å². The van der Waals surface area contributed by atoms with Gasteiger partial charge in [-0.25, -0.2) is 0 Å². The van der Waals surface area contributed by atoms with Crippen LogP contribution in [-0.4, -0.2) is 23.3 Å². The lowest BCUT2D eigenvalue weighted by atomic mass is 9.96. The van der Waals surface area contributed by atoms with Crippen LogP contribution >= 0.6 is 0 Å². The van der Waals surface area contributed by atoms with E-state index in [1.165, 1.54) is 25.7 Å². The molecule has 1 aliphatic rings. The minimum atomic E-state index is -0.512. The molecule has 0 aromatic rings. The fourth-order valence-electron chi connectivity index (χ4n) is 1.88. The summed E-state index contributed by atoms with van der Waals surface area (Å²) in [5, 5.41) is 13.1. The van der Waals surface area contributed by atoms with Crippen molar-refractivity contribution in [3.8, 4) is 0 Å². The van der Waals surface area contributed by atoms with Gasteiger partial charge >= 0.3 is 0 Å². The van der Waals surface area contributed by atoms with Crippen molar-refractivity contribution in [3.63, 3.8) is 0 Å². The van der Waals surface area contributed by atoms with Crippen LogP contribution in [0.1, 0.15) is 46.0 Å². The van der Waals surface area contributed by atoms with Gasteiger partial charge in [-0.1, -0.05) is 12.8 Å². The normalized spacial score (nSPS) is 26.8. The molecule has 1 heterocycles. The van der Waals surface area contributed by atoms with E-state index in [0.717, 1.165) is 13.0 Å². The van der Waals surface area contributed by atoms with Crippen molar-refractivity contribution in [2.24, 2.45) is 0 Å². The Labute approximate surface area is 75.4 Å². The Hall–Kier alpha value is -0.0800. The van der Waals surface area contributed by atoms with E-state index in [1.54, 1.807) is 0 Å². The maximum atomic E-state index is 9.62. The molecule has 0 spiro atoms. The highest BCUT2D eigenvalue weighted by atomic mass is 16.3. The predicted octanol–water partition coefficient (Wildman–Crippen LogP) is 1.68. The smallest absolute Gasteiger partial charge is 0.0606 e. The molecule has 1 atom stereocenters. The maximum absolute atomic E-state index is 9.62. The van der Waals surface area contributed by atoms with Crippen molar-refractivity contribution in [1.29, 1.82) is 0 Å². The Kier molecular flexibility index (Phi) is 3.53. The molecule has 1 aliphatic heterocycles. The molecule has 2 N–H and O–H groups in total. The molecule has 0 amide bonds. The van der Waals surface area contributed by atoms with E-state index < -0.39 is 5.60 Å². The van der Waals surface area contributed by atoms with Gasteiger partial charge in [0, 0.05) is 6.04 Å². The molecule has 0 bridgehead atoms. The molecule has 0 saturated carbocycles. The largest absolute Gasteiger partial charge is 0.390 e. The fraction of sp³-hybridized carbons (Fsp3) is 1.00. The summed E-state index contributed by atoms with van der Waals surface area (Å²) < 4.78 is 0. The van der Waals surface area contributed by atoms with Crippen LogP contribution < -0.4 is 5.32 Å². The highest BCUT2D eigenvalue weighted by Crippen LogP contribution is 2.17. The molecule has 2 heteroatoms. The van der Waals surface area contributed by atoms with Gasteiger partial charge in [-0.05, 0) is 39.7 Å². The minimum absolute atomic E-state index is 0.512. The van der Waals surface area contributed by atoms with Crippen LogP contribution in [0.25, 0.3) is 0 Å². The molecule has 1 saturated heterocycles. The molecule has 2 nitrogen and oxygen atoms in total. The monoisotopic (exact) mass is 171 g/mol. The molecule has 1 fully saturated rings. The van der Waals surface area contributed by atoms with Crippen molar-refractivity contribution >= 4 is 0 Å². The molecule has 0 aromatic carbocycles. The van der Waals surface area contributed by atoms with Crippen LogP contribution in [0, 0.1) is 0 Å². The van der Waals surface area contributed by atoms with Crippen LogP contribution in [0.2, 0.25) is 0 Å². The third-order valence-corrected chi connectivity index (χ3v) is 2.41. The highest BCUT2D eigenvalue weighted by molar-refractivity contribution is 4.78. The summed E-state index contributed by atoms with van der Waals surface area (Å²) in [6.45, 7) is 4.90. The van der Waals surface area contributed by atoms with Gasteiger partial charge in [0.05, 0.1) is 5.60 Å². The van der Waals surface area contributed by atoms with Crippen LogP contribution in [0.15, 0.2) is 0 Å². The third kappa shape index (κ3) is 4.07. The number of hydrogen-bond donors (Lipinski definition) is 2. The van der Waals surface area contributed by atoms with Crippen molar-refractivity contribution < 1.29 is 5.11 Å². The molecule has 0 aliphatic carbocycles. The zero-order valence-corrected chi connectivity index (χ0v) is 8.27. The number of aliphatic hydroxyl groups is 1. The van der Waals surface area contributed by atoms with Crippen LogP contribution in [0.3, 0.4) is 0 Å². The lowest BCUT2D eigenvalue weighted by Gasteiger charge is -2.24. The molecule has 0 aromatic heterocycles. The van der Waals surface area contributed by atoms with Gasteiger partial charge in [-0.15, -0.1) is 0 Å². The maximum Gasteiger partial charge on any atom is 0.0606 e. The Balaban J connectivity index is 2.30. The molecule has 0 unspecified atom stereocenters. The fourth-order valence-corrected chi connectivity index (χ4v) is 1.88. The standard InChI is InChI=1S/C10H21NO/c1-10(2,12)8-9-6-4-3-5-7-11-9/h9,11-12H,3-8H2,1-2H3/t9-/m0/s1. The average molecular weight is 171 g/mol. The van der Waals surface area contributed by atoms with E-state index in [-0.39, 0.29) is 0 Å². The van der Waals surface area contributed by atoms with Crippen LogP contribution in [-0.2, 0) is 0 Å². The lowest BCUT2D eigenvalue weighted by molar-refractivity contribution is 0.0587. The first-order chi connectivity index (χ1) is 5.58. The van der Waals surface area contributed by atoms with Gasteiger partial charge in [0.1, 0.15) is 0 Å². The van der Waals surface area contributed by atoms with E-state index in [0.29, 0.717) is 6.04 Å². The van der Waals surface area contributed by atoms with Gasteiger partial charge in [-0.2, -0.15) is 0 Å². The predicted molar refractivity (Wildman–Crippen MR) is 51.2 cm³/mol. The van der Waals surface area contributed by atoms with Crippen molar-refractivity contribution in [1.82, 2.24) is 5.32 Å². The summed E-state index contributed by atoms with van der Waals surface area (Å²) in [4.78, 5) is 0. The van der Waals surface area contributed by atoms with Gasteiger partial charge in [0.2, 0.25) is 0 Å². The SMILES string of the molecule is CC(C)(O)C[C@@H]1CCCCCN1. The average Bonchev–Trinajstić information content (AvgIpc) is 2.12. The van der Waals surface area contributed by atoms with Crippen molar-refractivity contribution in [3.05, 3.63) is 0 Å². The Bertz CT molecular complexity index is 120. The van der Waals surface area contributed by atoms with Gasteiger partial charge in [0.25, 0.3) is 0 Å². The van der Waals surface area contributed by atoms with E-state index in [1.807, 2.05) is 13.8 Å². The van der Waals surface area contributed by atoms with E-state index in [2.05, 4.69) is 5.32 Å². The molecular weight excluding hydrogens is 150 g/mol. The highest BCUT2D eigenvalue weighted by Gasteiger charge is 2.20. The minimum Gasteiger partial charge on any atom is -0.390 e. The number of hydrogen-bond acceptors (Lipinski definition) is 2. The first kappa shape index (κ1) is 10.0. The first-order valence-electron chi connectivity index (χ1n) is 5.04. The summed E-state index contributed by atoms with van der Waals surface area (Å²) in [6, 6.07) is 0.535. The van der Waals surface area contributed by atoms with Gasteiger partial charge in [0.15, 0.2) is 0 Å².